The van der Waals surface area contributed by atoms with Crippen LogP contribution in [0.4, 0.5) is 0 Å². The Morgan fingerprint density at radius 2 is 1.89 bits per heavy atom. The minimum absolute atomic E-state index is 0.187. The van der Waals surface area contributed by atoms with Crippen molar-refractivity contribution in [3.05, 3.63) is 34.3 Å². The highest BCUT2D eigenvalue weighted by molar-refractivity contribution is 9.10. The second kappa shape index (κ2) is 8.36. The van der Waals surface area contributed by atoms with E-state index in [1.807, 2.05) is 24.1 Å². The summed E-state index contributed by atoms with van der Waals surface area (Å²) in [6.45, 7) is 4.97. The third-order valence-electron chi connectivity index (χ3n) is 3.31. The number of amides is 1. The van der Waals surface area contributed by atoms with Crippen LogP contribution in [0.5, 0.6) is 0 Å². The van der Waals surface area contributed by atoms with Crippen LogP contribution >= 0.6 is 15.9 Å². The van der Waals surface area contributed by atoms with E-state index in [2.05, 4.69) is 41.9 Å². The number of nitrogens with zero attached hydrogens (tertiary/aromatic N) is 1. The first-order chi connectivity index (χ1) is 9.08. The number of benzene rings is 1. The zero-order chi connectivity index (χ0) is 14.3. The molecule has 3 heteroatoms. The van der Waals surface area contributed by atoms with Crippen molar-refractivity contribution in [1.82, 2.24) is 4.90 Å². The van der Waals surface area contributed by atoms with Crippen molar-refractivity contribution >= 4 is 21.8 Å². The third-order valence-corrected chi connectivity index (χ3v) is 3.80. The van der Waals surface area contributed by atoms with Crippen LogP contribution in [0.2, 0.25) is 0 Å². The van der Waals surface area contributed by atoms with Crippen LogP contribution in [-0.4, -0.2) is 17.9 Å². The lowest BCUT2D eigenvalue weighted by atomic mass is 9.96. The molecule has 0 saturated heterocycles. The van der Waals surface area contributed by atoms with E-state index in [4.69, 9.17) is 0 Å². The van der Waals surface area contributed by atoms with Gasteiger partial charge in [0, 0.05) is 24.0 Å². The maximum atomic E-state index is 12.4. The number of hydrogen-bond acceptors (Lipinski definition) is 1. The Balaban J connectivity index is 2.65. The van der Waals surface area contributed by atoms with Gasteiger partial charge in [0.15, 0.2) is 0 Å². The monoisotopic (exact) mass is 325 g/mol. The molecule has 0 aliphatic carbocycles. The summed E-state index contributed by atoms with van der Waals surface area (Å²) in [5.74, 6) is 0.468. The maximum Gasteiger partial charge on any atom is 0.225 e. The van der Waals surface area contributed by atoms with E-state index in [1.165, 1.54) is 0 Å². The lowest BCUT2D eigenvalue weighted by molar-refractivity contribution is -0.135. The lowest BCUT2D eigenvalue weighted by Crippen LogP contribution is -2.32. The summed E-state index contributed by atoms with van der Waals surface area (Å²) in [7, 11) is 1.90. The lowest BCUT2D eigenvalue weighted by Gasteiger charge is -2.23. The van der Waals surface area contributed by atoms with Crippen LogP contribution in [0, 0.1) is 5.92 Å². The summed E-state index contributed by atoms with van der Waals surface area (Å²) in [4.78, 5) is 14.3. The molecule has 0 heterocycles. The van der Waals surface area contributed by atoms with E-state index in [1.54, 1.807) is 0 Å². The standard InChI is InChI=1S/C16H24BrNO/c1-4-7-14(8-5-2)16(19)18(3)12-13-9-6-10-15(17)11-13/h6,9-11,14H,4-5,7-8,12H2,1-3H3. The van der Waals surface area contributed by atoms with Gasteiger partial charge in [0.05, 0.1) is 0 Å². The first-order valence-electron chi connectivity index (χ1n) is 7.07. The van der Waals surface area contributed by atoms with Crippen LogP contribution in [0.25, 0.3) is 0 Å². The molecular formula is C16H24BrNO. The van der Waals surface area contributed by atoms with Gasteiger partial charge in [0.2, 0.25) is 5.91 Å². The number of hydrogen-bond donors (Lipinski definition) is 0. The van der Waals surface area contributed by atoms with Crippen molar-refractivity contribution in [1.29, 1.82) is 0 Å². The molecule has 0 spiro atoms. The van der Waals surface area contributed by atoms with Gasteiger partial charge in [-0.1, -0.05) is 54.8 Å². The minimum Gasteiger partial charge on any atom is -0.341 e. The molecule has 0 N–H and O–H groups in total. The van der Waals surface area contributed by atoms with Gasteiger partial charge in [0.25, 0.3) is 0 Å². The zero-order valence-corrected chi connectivity index (χ0v) is 13.7. The fourth-order valence-electron chi connectivity index (χ4n) is 2.39. The Morgan fingerprint density at radius 3 is 2.42 bits per heavy atom. The molecule has 1 aromatic carbocycles. The molecule has 19 heavy (non-hydrogen) atoms. The zero-order valence-electron chi connectivity index (χ0n) is 12.2. The van der Waals surface area contributed by atoms with E-state index >= 15 is 0 Å². The Kier molecular flexibility index (Phi) is 7.14. The van der Waals surface area contributed by atoms with Crippen molar-refractivity contribution < 1.29 is 4.79 Å². The Bertz CT molecular complexity index is 399. The molecule has 0 atom stereocenters. The molecule has 0 aliphatic heterocycles. The van der Waals surface area contributed by atoms with Gasteiger partial charge >= 0.3 is 0 Å². The van der Waals surface area contributed by atoms with Gasteiger partial charge in [0.1, 0.15) is 0 Å². The summed E-state index contributed by atoms with van der Waals surface area (Å²) >= 11 is 3.46. The molecule has 2 nitrogen and oxygen atoms in total. The van der Waals surface area contributed by atoms with Crippen LogP contribution in [0.1, 0.15) is 45.1 Å². The van der Waals surface area contributed by atoms with E-state index < -0.39 is 0 Å². The van der Waals surface area contributed by atoms with Gasteiger partial charge in [-0.15, -0.1) is 0 Å². The number of carbonyl (C=O) groups excluding carboxylic acids is 1. The van der Waals surface area contributed by atoms with Crippen molar-refractivity contribution in [2.24, 2.45) is 5.92 Å². The minimum atomic E-state index is 0.187. The van der Waals surface area contributed by atoms with E-state index in [-0.39, 0.29) is 11.8 Å². The predicted molar refractivity (Wildman–Crippen MR) is 83.9 cm³/mol. The van der Waals surface area contributed by atoms with Crippen LogP contribution in [-0.2, 0) is 11.3 Å². The van der Waals surface area contributed by atoms with E-state index in [0.29, 0.717) is 6.54 Å². The quantitative estimate of drug-likeness (QED) is 0.716. The number of carbonyl (C=O) groups is 1. The molecule has 0 aromatic heterocycles. The van der Waals surface area contributed by atoms with Crippen LogP contribution in [0.15, 0.2) is 28.7 Å². The summed E-state index contributed by atoms with van der Waals surface area (Å²) < 4.78 is 1.06. The molecule has 106 valence electrons. The van der Waals surface area contributed by atoms with Crippen molar-refractivity contribution in [3.8, 4) is 0 Å². The topological polar surface area (TPSA) is 20.3 Å². The molecule has 0 radical (unpaired) electrons. The molecule has 1 aromatic rings. The van der Waals surface area contributed by atoms with E-state index in [9.17, 15) is 4.79 Å². The average molecular weight is 326 g/mol. The van der Waals surface area contributed by atoms with E-state index in [0.717, 1.165) is 35.7 Å². The molecule has 0 aliphatic rings. The molecule has 1 rings (SSSR count). The maximum absolute atomic E-state index is 12.4. The fraction of sp³-hybridized carbons (Fsp3) is 0.562. The Labute approximate surface area is 125 Å². The van der Waals surface area contributed by atoms with Crippen LogP contribution < -0.4 is 0 Å². The summed E-state index contributed by atoms with van der Waals surface area (Å²) in [5, 5.41) is 0. The van der Waals surface area contributed by atoms with Crippen molar-refractivity contribution in [3.63, 3.8) is 0 Å². The van der Waals surface area contributed by atoms with Crippen molar-refractivity contribution in [2.45, 2.75) is 46.1 Å². The highest BCUT2D eigenvalue weighted by Crippen LogP contribution is 2.18. The summed E-state index contributed by atoms with van der Waals surface area (Å²) in [6.07, 6.45) is 4.13. The largest absolute Gasteiger partial charge is 0.341 e. The van der Waals surface area contributed by atoms with Gasteiger partial charge < -0.3 is 4.90 Å². The average Bonchev–Trinajstić information content (AvgIpc) is 2.37. The normalized spacial score (nSPS) is 10.8. The van der Waals surface area contributed by atoms with Gasteiger partial charge in [-0.3, -0.25) is 4.79 Å². The van der Waals surface area contributed by atoms with Gasteiger partial charge in [-0.25, -0.2) is 0 Å². The first-order valence-corrected chi connectivity index (χ1v) is 7.87. The Hall–Kier alpha value is -0.830. The predicted octanol–water partition coefficient (Wildman–Crippen LogP) is 4.62. The molecule has 1 amide bonds. The smallest absolute Gasteiger partial charge is 0.225 e. The molecule has 0 unspecified atom stereocenters. The second-order valence-corrected chi connectivity index (χ2v) is 6.01. The molecule has 0 fully saturated rings. The summed E-state index contributed by atoms with van der Waals surface area (Å²) in [6, 6.07) is 8.14. The first kappa shape index (κ1) is 16.2. The molecule has 0 saturated carbocycles. The van der Waals surface area contributed by atoms with Crippen molar-refractivity contribution in [2.75, 3.05) is 7.05 Å². The third kappa shape index (κ3) is 5.35. The van der Waals surface area contributed by atoms with Crippen LogP contribution in [0.3, 0.4) is 0 Å². The summed E-state index contributed by atoms with van der Waals surface area (Å²) in [5.41, 5.74) is 1.16. The SMILES string of the molecule is CCCC(CCC)C(=O)N(C)Cc1cccc(Br)c1. The molecular weight excluding hydrogens is 302 g/mol. The number of halogens is 1. The Morgan fingerprint density at radius 1 is 1.26 bits per heavy atom. The highest BCUT2D eigenvalue weighted by Gasteiger charge is 2.20. The van der Waals surface area contributed by atoms with Gasteiger partial charge in [-0.05, 0) is 30.5 Å². The fourth-order valence-corrected chi connectivity index (χ4v) is 2.83. The van der Waals surface area contributed by atoms with Gasteiger partial charge in [-0.2, -0.15) is 0 Å². The number of rotatable bonds is 7. The molecule has 0 bridgehead atoms. The second-order valence-electron chi connectivity index (χ2n) is 5.10. The highest BCUT2D eigenvalue weighted by atomic mass is 79.9.